The maximum Gasteiger partial charge on any atom is 0.283 e. The number of hydrogen-bond donors (Lipinski definition) is 1. The summed E-state index contributed by atoms with van der Waals surface area (Å²) in [6.07, 6.45) is 1.46. The van der Waals surface area contributed by atoms with E-state index in [-0.39, 0.29) is 34.1 Å². The van der Waals surface area contributed by atoms with Gasteiger partial charge in [-0.1, -0.05) is 31.2 Å². The molecule has 194 valence electrons. The van der Waals surface area contributed by atoms with Crippen molar-refractivity contribution in [1.29, 1.82) is 5.41 Å². The molecule has 0 atom stereocenters. The summed E-state index contributed by atoms with van der Waals surface area (Å²) in [6.45, 7) is 6.08. The number of amides is 1. The Kier molecular flexibility index (Phi) is 7.69. The molecule has 0 aliphatic carbocycles. The number of nitrogens with zero attached hydrogens (tertiary/aromatic N) is 3. The van der Waals surface area contributed by atoms with Crippen LogP contribution < -0.4 is 14.2 Å². The lowest BCUT2D eigenvalue weighted by Gasteiger charge is -2.24. The second-order valence-electron chi connectivity index (χ2n) is 8.14. The fourth-order valence-corrected chi connectivity index (χ4v) is 5.67. The minimum atomic E-state index is -3.72. The van der Waals surface area contributed by atoms with E-state index in [1.807, 2.05) is 32.0 Å². The van der Waals surface area contributed by atoms with Crippen LogP contribution in [0.1, 0.15) is 23.6 Å². The van der Waals surface area contributed by atoms with Crippen LogP contribution in [-0.2, 0) is 14.6 Å². The second kappa shape index (κ2) is 10.8. The van der Waals surface area contributed by atoms with Crippen LogP contribution in [0, 0.1) is 19.3 Å². The molecule has 1 amide bonds. The van der Waals surface area contributed by atoms with E-state index in [1.165, 1.54) is 20.1 Å². The SMILES string of the molecule is CCS(=O)(=O)C1=NSC2=NC(=O)/C(=C\c3ccc(OCCOc4c(C)cccc4C)c(OC)c3)C(=N)N21. The predicted octanol–water partition coefficient (Wildman–Crippen LogP) is 3.78. The molecule has 2 aromatic rings. The molecule has 4 rings (SSSR count). The Labute approximate surface area is 219 Å². The molecule has 10 nitrogen and oxygen atoms in total. The zero-order valence-electron chi connectivity index (χ0n) is 20.8. The van der Waals surface area contributed by atoms with Gasteiger partial charge >= 0.3 is 0 Å². The number of carbonyl (C=O) groups excluding carboxylic acids is 1. The monoisotopic (exact) mass is 542 g/mol. The number of fused-ring (bicyclic) bond motifs is 1. The van der Waals surface area contributed by atoms with Gasteiger partial charge < -0.3 is 14.2 Å². The number of amidine groups is 3. The Morgan fingerprint density at radius 2 is 1.78 bits per heavy atom. The van der Waals surface area contributed by atoms with Gasteiger partial charge in [-0.05, 0) is 48.7 Å². The molecule has 0 saturated carbocycles. The van der Waals surface area contributed by atoms with Crippen molar-refractivity contribution in [3.8, 4) is 17.2 Å². The Balaban J connectivity index is 1.49. The molecule has 0 fully saturated rings. The van der Waals surface area contributed by atoms with Crippen molar-refractivity contribution in [1.82, 2.24) is 4.90 Å². The first-order valence-corrected chi connectivity index (χ1v) is 13.8. The first-order valence-electron chi connectivity index (χ1n) is 11.4. The van der Waals surface area contributed by atoms with Crippen molar-refractivity contribution < 1.29 is 27.4 Å². The Hall–Kier alpha value is -3.64. The number of aliphatic imine (C=N–C) groups is 1. The summed E-state index contributed by atoms with van der Waals surface area (Å²) in [5.74, 6) is 0.593. The quantitative estimate of drug-likeness (QED) is 0.303. The predicted molar refractivity (Wildman–Crippen MR) is 144 cm³/mol. The number of benzene rings is 2. The first-order chi connectivity index (χ1) is 17.7. The maximum atomic E-state index is 12.6. The molecule has 2 heterocycles. The zero-order valence-corrected chi connectivity index (χ0v) is 22.4. The molecule has 0 aromatic heterocycles. The molecule has 0 radical (unpaired) electrons. The molecule has 12 heteroatoms. The summed E-state index contributed by atoms with van der Waals surface area (Å²) >= 11 is 0.759. The number of rotatable bonds is 8. The van der Waals surface area contributed by atoms with Gasteiger partial charge in [0.1, 0.15) is 24.8 Å². The highest BCUT2D eigenvalue weighted by Gasteiger charge is 2.42. The normalized spacial score (nSPS) is 16.4. The molecule has 0 bridgehead atoms. The lowest BCUT2D eigenvalue weighted by molar-refractivity contribution is -0.114. The topological polar surface area (TPSA) is 131 Å². The van der Waals surface area contributed by atoms with E-state index in [9.17, 15) is 13.2 Å². The highest BCUT2D eigenvalue weighted by Crippen LogP contribution is 2.32. The minimum absolute atomic E-state index is 0.0450. The van der Waals surface area contributed by atoms with Crippen LogP contribution in [0.5, 0.6) is 17.2 Å². The fourth-order valence-electron chi connectivity index (χ4n) is 3.71. The van der Waals surface area contributed by atoms with E-state index in [0.29, 0.717) is 23.7 Å². The molecule has 2 aliphatic heterocycles. The summed E-state index contributed by atoms with van der Waals surface area (Å²) < 4.78 is 45.9. The number of ether oxygens (including phenoxy) is 3. The average molecular weight is 543 g/mol. The molecule has 0 unspecified atom stereocenters. The van der Waals surface area contributed by atoms with Crippen molar-refractivity contribution in [2.24, 2.45) is 9.39 Å². The third-order valence-corrected chi connectivity index (χ3v) is 8.05. The number of sulfone groups is 1. The van der Waals surface area contributed by atoms with Crippen LogP contribution in [0.3, 0.4) is 0 Å². The number of methoxy groups -OCH3 is 1. The highest BCUT2D eigenvalue weighted by molar-refractivity contribution is 8.16. The smallest absolute Gasteiger partial charge is 0.283 e. The van der Waals surface area contributed by atoms with Crippen molar-refractivity contribution in [2.45, 2.75) is 20.8 Å². The number of nitrogens with one attached hydrogen (secondary N) is 1. The number of para-hydroxylation sites is 1. The van der Waals surface area contributed by atoms with Crippen LogP contribution in [-0.4, -0.2) is 61.5 Å². The van der Waals surface area contributed by atoms with Crippen LogP contribution in [0.4, 0.5) is 0 Å². The Morgan fingerprint density at radius 3 is 2.46 bits per heavy atom. The first kappa shape index (κ1) is 26.4. The minimum Gasteiger partial charge on any atom is -0.493 e. The Morgan fingerprint density at radius 1 is 1.08 bits per heavy atom. The zero-order chi connectivity index (χ0) is 26.7. The summed E-state index contributed by atoms with van der Waals surface area (Å²) in [5, 5.41) is 8.27. The number of hydrogen-bond acceptors (Lipinski definition) is 9. The van der Waals surface area contributed by atoms with E-state index in [4.69, 9.17) is 19.6 Å². The summed E-state index contributed by atoms with van der Waals surface area (Å²) in [6, 6.07) is 11.0. The van der Waals surface area contributed by atoms with E-state index < -0.39 is 15.7 Å². The van der Waals surface area contributed by atoms with E-state index in [0.717, 1.165) is 33.7 Å². The molecular formula is C25H26N4O6S2. The molecule has 1 N–H and O–H groups in total. The molecular weight excluding hydrogens is 516 g/mol. The van der Waals surface area contributed by atoms with Gasteiger partial charge in [-0.3, -0.25) is 10.2 Å². The number of aryl methyl sites for hydroxylation is 2. The fraction of sp³-hybridized carbons (Fsp3) is 0.280. The molecule has 37 heavy (non-hydrogen) atoms. The van der Waals surface area contributed by atoms with E-state index >= 15 is 0 Å². The maximum absolute atomic E-state index is 12.6. The van der Waals surface area contributed by atoms with Gasteiger partial charge in [0.05, 0.1) is 30.4 Å². The summed E-state index contributed by atoms with van der Waals surface area (Å²) in [4.78, 5) is 17.6. The van der Waals surface area contributed by atoms with E-state index in [1.54, 1.807) is 18.2 Å². The van der Waals surface area contributed by atoms with Gasteiger partial charge in [0.2, 0.25) is 20.2 Å². The number of carbonyl (C=O) groups is 1. The third kappa shape index (κ3) is 5.39. The highest BCUT2D eigenvalue weighted by atomic mass is 32.2. The van der Waals surface area contributed by atoms with Crippen molar-refractivity contribution in [3.05, 3.63) is 58.7 Å². The van der Waals surface area contributed by atoms with Gasteiger partial charge in [-0.15, -0.1) is 0 Å². The molecule has 2 aromatic carbocycles. The van der Waals surface area contributed by atoms with Crippen molar-refractivity contribution >= 4 is 49.9 Å². The van der Waals surface area contributed by atoms with Crippen LogP contribution in [0.2, 0.25) is 0 Å². The molecule has 2 aliphatic rings. The van der Waals surface area contributed by atoms with Crippen molar-refractivity contribution in [2.75, 3.05) is 26.1 Å². The Bertz CT molecular complexity index is 1440. The summed E-state index contributed by atoms with van der Waals surface area (Å²) in [5.41, 5.74) is 2.58. The lowest BCUT2D eigenvalue weighted by Crippen LogP contribution is -2.45. The van der Waals surface area contributed by atoms with Gasteiger partial charge in [0.25, 0.3) is 5.91 Å². The third-order valence-electron chi connectivity index (χ3n) is 5.65. The molecule has 0 saturated heterocycles. The standard InChI is InChI=1S/C25H26N4O6S2/c1-5-37(31,32)25-28-36-24-27-23(30)18(22(26)29(24)25)13-17-9-10-19(20(14-17)33-4)34-11-12-35-21-15(2)7-6-8-16(21)3/h6-10,13-14,26H,5,11-12H2,1-4H3/b18-13-,26-22?. The largest absolute Gasteiger partial charge is 0.493 e. The van der Waals surface area contributed by atoms with E-state index in [2.05, 4.69) is 9.39 Å². The van der Waals surface area contributed by atoms with Gasteiger partial charge in [0.15, 0.2) is 11.5 Å². The molecule has 0 spiro atoms. The lowest BCUT2D eigenvalue weighted by atomic mass is 10.1. The van der Waals surface area contributed by atoms with Crippen molar-refractivity contribution in [3.63, 3.8) is 0 Å². The van der Waals surface area contributed by atoms with Gasteiger partial charge in [-0.2, -0.15) is 9.39 Å². The van der Waals surface area contributed by atoms with Gasteiger partial charge in [-0.25, -0.2) is 13.3 Å². The van der Waals surface area contributed by atoms with Crippen LogP contribution in [0.15, 0.2) is 51.4 Å². The average Bonchev–Trinajstić information content (AvgIpc) is 3.31. The summed E-state index contributed by atoms with van der Waals surface area (Å²) in [7, 11) is -2.22. The van der Waals surface area contributed by atoms with Crippen LogP contribution >= 0.6 is 11.9 Å². The second-order valence-corrected chi connectivity index (χ2v) is 11.0. The van der Waals surface area contributed by atoms with Gasteiger partial charge in [0, 0.05) is 0 Å². The van der Waals surface area contributed by atoms with Crippen LogP contribution in [0.25, 0.3) is 6.08 Å².